The van der Waals surface area contributed by atoms with Crippen LogP contribution in [-0.4, -0.2) is 37.3 Å². The van der Waals surface area contributed by atoms with Crippen LogP contribution in [-0.2, 0) is 14.4 Å². The molecule has 0 bridgehead atoms. The van der Waals surface area contributed by atoms with Crippen LogP contribution in [0, 0.1) is 0 Å². The van der Waals surface area contributed by atoms with Gasteiger partial charge in [0, 0.05) is 11.1 Å². The Kier molecular flexibility index (Phi) is 4.68. The molecule has 0 fully saturated rings. The summed E-state index contributed by atoms with van der Waals surface area (Å²) < 4.78 is 4.60. The first kappa shape index (κ1) is 12.7. The highest BCUT2D eigenvalue weighted by Gasteiger charge is 2.18. The van der Waals surface area contributed by atoms with Gasteiger partial charge < -0.3 is 14.8 Å². The number of carbonyl (C=O) groups is 1. The molecular formula is C11H12N2O4. The van der Waals surface area contributed by atoms with Gasteiger partial charge in [-0.15, -0.1) is 0 Å². The van der Waals surface area contributed by atoms with E-state index >= 15 is 0 Å². The van der Waals surface area contributed by atoms with E-state index in [4.69, 9.17) is 5.21 Å². The molecule has 0 aliphatic carbocycles. The molecule has 6 heteroatoms. The fraction of sp³-hybridized carbons (Fsp3) is 0.182. The molecule has 0 spiro atoms. The Morgan fingerprint density at radius 2 is 2.06 bits per heavy atom. The lowest BCUT2D eigenvalue weighted by Crippen LogP contribution is -2.19. The summed E-state index contributed by atoms with van der Waals surface area (Å²) >= 11 is 0. The van der Waals surface area contributed by atoms with Crippen LogP contribution >= 0.6 is 0 Å². The van der Waals surface area contributed by atoms with Gasteiger partial charge in [0.25, 0.3) is 0 Å². The lowest BCUT2D eigenvalue weighted by atomic mass is 10.0. The Morgan fingerprint density at radius 1 is 1.35 bits per heavy atom. The van der Waals surface area contributed by atoms with Crippen molar-refractivity contribution in [3.63, 3.8) is 0 Å². The van der Waals surface area contributed by atoms with E-state index in [1.165, 1.54) is 20.4 Å². The number of esters is 1. The third-order valence-corrected chi connectivity index (χ3v) is 1.97. The molecular weight excluding hydrogens is 224 g/mol. The van der Waals surface area contributed by atoms with E-state index in [1.807, 2.05) is 0 Å². The maximum Gasteiger partial charge on any atom is 0.360 e. The second kappa shape index (κ2) is 6.26. The van der Waals surface area contributed by atoms with Crippen molar-refractivity contribution in [2.24, 2.45) is 10.3 Å². The molecule has 1 aromatic carbocycles. The molecule has 6 nitrogen and oxygen atoms in total. The van der Waals surface area contributed by atoms with E-state index in [-0.39, 0.29) is 5.71 Å². The molecule has 0 atom stereocenters. The summed E-state index contributed by atoms with van der Waals surface area (Å²) in [4.78, 5) is 16.1. The van der Waals surface area contributed by atoms with Crippen LogP contribution in [0.1, 0.15) is 11.1 Å². The van der Waals surface area contributed by atoms with E-state index in [2.05, 4.69) is 19.9 Å². The SMILES string of the molecule is CO/N=C(\C(=O)OC)c1ccccc1/C=N\O. The summed E-state index contributed by atoms with van der Waals surface area (Å²) in [5, 5.41) is 15.1. The molecule has 0 saturated carbocycles. The molecule has 1 aromatic rings. The third-order valence-electron chi connectivity index (χ3n) is 1.97. The lowest BCUT2D eigenvalue weighted by Gasteiger charge is -2.06. The number of hydrogen-bond donors (Lipinski definition) is 1. The van der Waals surface area contributed by atoms with Gasteiger partial charge in [0.1, 0.15) is 7.11 Å². The molecule has 0 aromatic heterocycles. The Hall–Kier alpha value is -2.37. The quantitative estimate of drug-likeness (QED) is 0.366. The first-order valence-electron chi connectivity index (χ1n) is 4.71. The lowest BCUT2D eigenvalue weighted by molar-refractivity contribution is -0.132. The second-order valence-corrected chi connectivity index (χ2v) is 2.95. The highest BCUT2D eigenvalue weighted by atomic mass is 16.6. The largest absolute Gasteiger partial charge is 0.464 e. The summed E-state index contributed by atoms with van der Waals surface area (Å²) in [5.41, 5.74) is 0.987. The zero-order valence-electron chi connectivity index (χ0n) is 9.45. The summed E-state index contributed by atoms with van der Waals surface area (Å²) in [5.74, 6) is -0.634. The Balaban J connectivity index is 3.28. The van der Waals surface area contributed by atoms with Crippen molar-refractivity contribution in [2.75, 3.05) is 14.2 Å². The molecule has 90 valence electrons. The number of benzene rings is 1. The first-order chi connectivity index (χ1) is 8.24. The molecule has 0 unspecified atom stereocenters. The number of rotatable bonds is 4. The standard InChI is InChI=1S/C11H12N2O4/c1-16-11(14)10(13-17-2)9-6-4-3-5-8(9)7-12-15/h3-7,15H,1-2H3/b12-7-,13-10-. The van der Waals surface area contributed by atoms with Crippen LogP contribution in [0.3, 0.4) is 0 Å². The van der Waals surface area contributed by atoms with E-state index in [0.29, 0.717) is 11.1 Å². The van der Waals surface area contributed by atoms with E-state index in [9.17, 15) is 4.79 Å². The molecule has 0 radical (unpaired) electrons. The van der Waals surface area contributed by atoms with Gasteiger partial charge in [-0.3, -0.25) is 0 Å². The molecule has 1 rings (SSSR count). The first-order valence-corrected chi connectivity index (χ1v) is 4.71. The monoisotopic (exact) mass is 236 g/mol. The van der Waals surface area contributed by atoms with Gasteiger partial charge in [-0.2, -0.15) is 0 Å². The maximum atomic E-state index is 11.5. The number of carbonyl (C=O) groups excluding carboxylic acids is 1. The van der Waals surface area contributed by atoms with E-state index in [0.717, 1.165) is 0 Å². The van der Waals surface area contributed by atoms with Gasteiger partial charge in [-0.25, -0.2) is 4.79 Å². The van der Waals surface area contributed by atoms with Crippen molar-refractivity contribution in [2.45, 2.75) is 0 Å². The fourth-order valence-electron chi connectivity index (χ4n) is 1.27. The minimum atomic E-state index is -0.634. The van der Waals surface area contributed by atoms with Gasteiger partial charge in [0.05, 0.1) is 13.3 Å². The second-order valence-electron chi connectivity index (χ2n) is 2.95. The van der Waals surface area contributed by atoms with Gasteiger partial charge in [-0.05, 0) is 0 Å². The van der Waals surface area contributed by atoms with Gasteiger partial charge in [0.2, 0.25) is 0 Å². The van der Waals surface area contributed by atoms with Crippen LogP contribution in [0.15, 0.2) is 34.6 Å². The third kappa shape index (κ3) is 3.04. The summed E-state index contributed by atoms with van der Waals surface area (Å²) in [7, 11) is 2.57. The van der Waals surface area contributed by atoms with Crippen LogP contribution in [0.2, 0.25) is 0 Å². The highest BCUT2D eigenvalue weighted by Crippen LogP contribution is 2.09. The number of ether oxygens (including phenoxy) is 1. The minimum Gasteiger partial charge on any atom is -0.464 e. The van der Waals surface area contributed by atoms with Crippen molar-refractivity contribution in [3.05, 3.63) is 35.4 Å². The normalized spacial score (nSPS) is 11.5. The van der Waals surface area contributed by atoms with Gasteiger partial charge >= 0.3 is 5.97 Å². The summed E-state index contributed by atoms with van der Waals surface area (Å²) in [6.07, 6.45) is 1.20. The molecule has 1 N–H and O–H groups in total. The Bertz CT molecular complexity index is 455. The van der Waals surface area contributed by atoms with Crippen molar-refractivity contribution >= 4 is 17.9 Å². The molecule has 0 aliphatic heterocycles. The number of hydrogen-bond acceptors (Lipinski definition) is 6. The van der Waals surface area contributed by atoms with Crippen molar-refractivity contribution in [3.8, 4) is 0 Å². The van der Waals surface area contributed by atoms with E-state index in [1.54, 1.807) is 24.3 Å². The molecule has 17 heavy (non-hydrogen) atoms. The van der Waals surface area contributed by atoms with E-state index < -0.39 is 5.97 Å². The average Bonchev–Trinajstić information content (AvgIpc) is 2.36. The molecule has 0 aliphatic rings. The Morgan fingerprint density at radius 3 is 2.65 bits per heavy atom. The topological polar surface area (TPSA) is 80.5 Å². The minimum absolute atomic E-state index is 0.00509. The van der Waals surface area contributed by atoms with Gasteiger partial charge in [0.15, 0.2) is 5.71 Å². The van der Waals surface area contributed by atoms with Crippen LogP contribution in [0.25, 0.3) is 0 Å². The molecule has 0 amide bonds. The molecule has 0 saturated heterocycles. The zero-order chi connectivity index (χ0) is 12.7. The predicted octanol–water partition coefficient (Wildman–Crippen LogP) is 1.02. The molecule has 0 heterocycles. The van der Waals surface area contributed by atoms with Crippen molar-refractivity contribution < 1.29 is 19.6 Å². The summed E-state index contributed by atoms with van der Waals surface area (Å²) in [6, 6.07) is 6.77. The number of nitrogens with zero attached hydrogens (tertiary/aromatic N) is 2. The van der Waals surface area contributed by atoms with Gasteiger partial charge in [-0.1, -0.05) is 34.6 Å². The van der Waals surface area contributed by atoms with Crippen molar-refractivity contribution in [1.82, 2.24) is 0 Å². The van der Waals surface area contributed by atoms with Crippen LogP contribution in [0.4, 0.5) is 0 Å². The number of methoxy groups -OCH3 is 1. The van der Waals surface area contributed by atoms with Crippen molar-refractivity contribution in [1.29, 1.82) is 0 Å². The smallest absolute Gasteiger partial charge is 0.360 e. The summed E-state index contributed by atoms with van der Waals surface area (Å²) in [6.45, 7) is 0. The Labute approximate surface area is 98.1 Å². The van der Waals surface area contributed by atoms with Crippen LogP contribution in [0.5, 0.6) is 0 Å². The maximum absolute atomic E-state index is 11.5. The fourth-order valence-corrected chi connectivity index (χ4v) is 1.27. The zero-order valence-corrected chi connectivity index (χ0v) is 9.45. The average molecular weight is 236 g/mol. The highest BCUT2D eigenvalue weighted by molar-refractivity contribution is 6.44. The number of oxime groups is 2. The van der Waals surface area contributed by atoms with Crippen LogP contribution < -0.4 is 0 Å². The predicted molar refractivity (Wildman–Crippen MR) is 61.4 cm³/mol.